The highest BCUT2D eigenvalue weighted by Crippen LogP contribution is 2.24. The second-order valence-electron chi connectivity index (χ2n) is 5.86. The number of nitrogens with two attached hydrogens (primary N) is 1. The van der Waals surface area contributed by atoms with Crippen molar-refractivity contribution in [1.29, 1.82) is 0 Å². The molecular formula is C20H18IN3O2. The smallest absolute Gasteiger partial charge is 0.259 e. The van der Waals surface area contributed by atoms with E-state index in [1.165, 1.54) is 0 Å². The van der Waals surface area contributed by atoms with Gasteiger partial charge in [-0.05, 0) is 96.6 Å². The Balaban J connectivity index is 1.70. The number of halogens is 1. The Morgan fingerprint density at radius 3 is 2.23 bits per heavy atom. The van der Waals surface area contributed by atoms with Crippen molar-refractivity contribution in [2.45, 2.75) is 13.8 Å². The molecule has 3 aromatic rings. The molecule has 2 aromatic carbocycles. The van der Waals surface area contributed by atoms with E-state index in [1.54, 1.807) is 30.3 Å². The first-order chi connectivity index (χ1) is 12.4. The largest absolute Gasteiger partial charge is 0.457 e. The number of nitrogen functional groups attached to an aromatic ring is 1. The molecule has 0 atom stereocenters. The van der Waals surface area contributed by atoms with E-state index in [1.807, 2.05) is 38.1 Å². The minimum Gasteiger partial charge on any atom is -0.457 e. The number of amides is 1. The van der Waals surface area contributed by atoms with Crippen LogP contribution in [-0.2, 0) is 0 Å². The van der Waals surface area contributed by atoms with Gasteiger partial charge in [0, 0.05) is 15.0 Å². The van der Waals surface area contributed by atoms with Gasteiger partial charge >= 0.3 is 0 Å². The third kappa shape index (κ3) is 4.32. The van der Waals surface area contributed by atoms with Crippen molar-refractivity contribution in [1.82, 2.24) is 4.98 Å². The zero-order valence-corrected chi connectivity index (χ0v) is 16.6. The molecule has 0 bridgehead atoms. The molecular weight excluding hydrogens is 441 g/mol. The molecule has 0 aliphatic rings. The molecule has 3 rings (SSSR count). The topological polar surface area (TPSA) is 77.2 Å². The molecule has 0 spiro atoms. The Bertz CT molecular complexity index is 939. The van der Waals surface area contributed by atoms with Crippen LogP contribution in [0.2, 0.25) is 0 Å². The lowest BCUT2D eigenvalue weighted by Gasteiger charge is -2.10. The summed E-state index contributed by atoms with van der Waals surface area (Å²) in [6.07, 6.45) is 0. The molecule has 1 heterocycles. The number of anilines is 2. The van der Waals surface area contributed by atoms with Crippen molar-refractivity contribution in [3.8, 4) is 11.5 Å². The number of aryl methyl sites for hydroxylation is 2. The Hall–Kier alpha value is -2.61. The maximum absolute atomic E-state index is 12.4. The fraction of sp³-hybridized carbons (Fsp3) is 0.100. The summed E-state index contributed by atoms with van der Waals surface area (Å²) in [6, 6.07) is 16.7. The predicted molar refractivity (Wildman–Crippen MR) is 112 cm³/mol. The number of ether oxygens (including phenoxy) is 1. The molecule has 3 N–H and O–H groups in total. The number of carbonyl (C=O) groups is 1. The molecule has 0 saturated heterocycles. The number of carbonyl (C=O) groups excluding carboxylic acids is 1. The summed E-state index contributed by atoms with van der Waals surface area (Å²) in [7, 11) is 0. The van der Waals surface area contributed by atoms with Crippen molar-refractivity contribution in [2.24, 2.45) is 0 Å². The molecule has 5 nitrogen and oxygen atoms in total. The Morgan fingerprint density at radius 2 is 1.62 bits per heavy atom. The van der Waals surface area contributed by atoms with Gasteiger partial charge in [0.25, 0.3) is 5.91 Å². The van der Waals surface area contributed by atoms with Crippen LogP contribution in [0.25, 0.3) is 0 Å². The number of aromatic nitrogens is 1. The zero-order valence-electron chi connectivity index (χ0n) is 14.4. The number of nitrogens with one attached hydrogen (secondary N) is 1. The van der Waals surface area contributed by atoms with E-state index in [0.717, 1.165) is 20.6 Å². The third-order valence-electron chi connectivity index (χ3n) is 3.90. The number of benzene rings is 2. The van der Waals surface area contributed by atoms with Crippen molar-refractivity contribution in [2.75, 3.05) is 11.1 Å². The SMILES string of the molecule is Cc1cc(C(=O)Nc2ccc(Oc3ccc(I)cc3)cc2)c(N)nc1C. The first kappa shape index (κ1) is 18.2. The Labute approximate surface area is 165 Å². The van der Waals surface area contributed by atoms with E-state index in [0.29, 0.717) is 17.0 Å². The number of hydrogen-bond donors (Lipinski definition) is 2. The first-order valence-corrected chi connectivity index (χ1v) is 9.09. The van der Waals surface area contributed by atoms with E-state index in [9.17, 15) is 4.79 Å². The highest BCUT2D eigenvalue weighted by atomic mass is 127. The van der Waals surface area contributed by atoms with Crippen LogP contribution >= 0.6 is 22.6 Å². The van der Waals surface area contributed by atoms with Crippen molar-refractivity contribution < 1.29 is 9.53 Å². The predicted octanol–water partition coefficient (Wildman–Crippen LogP) is 4.93. The third-order valence-corrected chi connectivity index (χ3v) is 4.62. The average molecular weight is 459 g/mol. The zero-order chi connectivity index (χ0) is 18.7. The molecule has 0 aliphatic carbocycles. The molecule has 1 aromatic heterocycles. The quantitative estimate of drug-likeness (QED) is 0.543. The van der Waals surface area contributed by atoms with Gasteiger partial charge in [0.2, 0.25) is 0 Å². The van der Waals surface area contributed by atoms with E-state index < -0.39 is 0 Å². The van der Waals surface area contributed by atoms with Crippen LogP contribution < -0.4 is 15.8 Å². The van der Waals surface area contributed by atoms with Crippen molar-refractivity contribution in [3.05, 3.63) is 75.0 Å². The van der Waals surface area contributed by atoms with E-state index in [2.05, 4.69) is 32.9 Å². The number of rotatable bonds is 4. The molecule has 0 aliphatic heterocycles. The van der Waals surface area contributed by atoms with Gasteiger partial charge in [-0.25, -0.2) is 4.98 Å². The molecule has 1 amide bonds. The lowest BCUT2D eigenvalue weighted by molar-refractivity contribution is 0.102. The minimum atomic E-state index is -0.288. The fourth-order valence-electron chi connectivity index (χ4n) is 2.35. The lowest BCUT2D eigenvalue weighted by atomic mass is 10.1. The number of hydrogen-bond acceptors (Lipinski definition) is 4. The van der Waals surface area contributed by atoms with Gasteiger partial charge in [-0.1, -0.05) is 0 Å². The highest BCUT2D eigenvalue weighted by molar-refractivity contribution is 14.1. The second-order valence-corrected chi connectivity index (χ2v) is 7.10. The van der Waals surface area contributed by atoms with Crippen LogP contribution in [0, 0.1) is 17.4 Å². The molecule has 0 radical (unpaired) electrons. The average Bonchev–Trinajstić information content (AvgIpc) is 2.61. The summed E-state index contributed by atoms with van der Waals surface area (Å²) in [6.45, 7) is 3.76. The minimum absolute atomic E-state index is 0.226. The molecule has 0 unspecified atom stereocenters. The van der Waals surface area contributed by atoms with E-state index >= 15 is 0 Å². The molecule has 6 heteroatoms. The summed E-state index contributed by atoms with van der Waals surface area (Å²) in [4.78, 5) is 16.6. The van der Waals surface area contributed by atoms with Gasteiger partial charge < -0.3 is 15.8 Å². The maximum atomic E-state index is 12.4. The number of nitrogens with zero attached hydrogens (tertiary/aromatic N) is 1. The molecule has 0 saturated carbocycles. The van der Waals surface area contributed by atoms with Crippen LogP contribution in [-0.4, -0.2) is 10.9 Å². The van der Waals surface area contributed by atoms with E-state index in [4.69, 9.17) is 10.5 Å². The van der Waals surface area contributed by atoms with Gasteiger partial charge in [0.15, 0.2) is 0 Å². The van der Waals surface area contributed by atoms with Crippen LogP contribution in [0.3, 0.4) is 0 Å². The first-order valence-electron chi connectivity index (χ1n) is 8.01. The normalized spacial score (nSPS) is 10.4. The van der Waals surface area contributed by atoms with Gasteiger partial charge in [0.05, 0.1) is 5.56 Å². The van der Waals surface area contributed by atoms with Gasteiger partial charge in [-0.2, -0.15) is 0 Å². The van der Waals surface area contributed by atoms with Gasteiger partial charge in [-0.15, -0.1) is 0 Å². The van der Waals surface area contributed by atoms with E-state index in [-0.39, 0.29) is 11.7 Å². The maximum Gasteiger partial charge on any atom is 0.259 e. The lowest BCUT2D eigenvalue weighted by Crippen LogP contribution is -2.15. The van der Waals surface area contributed by atoms with Crippen LogP contribution in [0.4, 0.5) is 11.5 Å². The van der Waals surface area contributed by atoms with Crippen LogP contribution in [0.15, 0.2) is 54.6 Å². The molecule has 26 heavy (non-hydrogen) atoms. The highest BCUT2D eigenvalue weighted by Gasteiger charge is 2.13. The molecule has 0 fully saturated rings. The van der Waals surface area contributed by atoms with Gasteiger partial charge in [-0.3, -0.25) is 4.79 Å². The summed E-state index contributed by atoms with van der Waals surface area (Å²) >= 11 is 2.24. The Morgan fingerprint density at radius 1 is 1.04 bits per heavy atom. The molecule has 132 valence electrons. The summed E-state index contributed by atoms with van der Waals surface area (Å²) in [5.74, 6) is 1.39. The van der Waals surface area contributed by atoms with Crippen LogP contribution in [0.1, 0.15) is 21.6 Å². The summed E-state index contributed by atoms with van der Waals surface area (Å²) in [5, 5.41) is 2.83. The second kappa shape index (κ2) is 7.74. The van der Waals surface area contributed by atoms with Gasteiger partial charge in [0.1, 0.15) is 17.3 Å². The monoisotopic (exact) mass is 459 g/mol. The Kier molecular flexibility index (Phi) is 5.41. The summed E-state index contributed by atoms with van der Waals surface area (Å²) < 4.78 is 6.93. The fourth-order valence-corrected chi connectivity index (χ4v) is 2.71. The summed E-state index contributed by atoms with van der Waals surface area (Å²) in [5.41, 5.74) is 8.63. The standard InChI is InChI=1S/C20H18IN3O2/c1-12-11-18(19(22)23-13(12)2)20(25)24-15-5-9-17(10-6-15)26-16-7-3-14(21)4-8-16/h3-11H,1-2H3,(H2,22,23)(H,24,25). The number of pyridine rings is 1. The van der Waals surface area contributed by atoms with Crippen LogP contribution in [0.5, 0.6) is 11.5 Å². The van der Waals surface area contributed by atoms with Crippen molar-refractivity contribution >= 4 is 40.0 Å². The van der Waals surface area contributed by atoms with Crippen molar-refractivity contribution in [3.63, 3.8) is 0 Å².